The molecule has 0 saturated carbocycles. The molecule has 2 aromatic carbocycles. The van der Waals surface area contributed by atoms with Crippen LogP contribution in [0, 0.1) is 6.92 Å². The molecule has 4 nitrogen and oxygen atoms in total. The molecule has 23 heavy (non-hydrogen) atoms. The van der Waals surface area contributed by atoms with E-state index in [-0.39, 0.29) is 11.8 Å². The SMILES string of the molecule is Cc1ccccc1C(=O)N1CCC2(C1)C(=O)Nc1ccccc12. The number of rotatable bonds is 1. The predicted octanol–water partition coefficient (Wildman–Crippen LogP) is 2.73. The first-order valence-corrected chi connectivity index (χ1v) is 7.88. The quantitative estimate of drug-likeness (QED) is 0.880. The van der Waals surface area contributed by atoms with Gasteiger partial charge in [-0.1, -0.05) is 36.4 Å². The summed E-state index contributed by atoms with van der Waals surface area (Å²) >= 11 is 0. The minimum Gasteiger partial charge on any atom is -0.337 e. The van der Waals surface area contributed by atoms with E-state index in [2.05, 4.69) is 5.32 Å². The van der Waals surface area contributed by atoms with Crippen LogP contribution < -0.4 is 5.32 Å². The third-order valence-corrected chi connectivity index (χ3v) is 5.06. The van der Waals surface area contributed by atoms with Crippen molar-refractivity contribution in [3.63, 3.8) is 0 Å². The number of carbonyl (C=O) groups is 2. The number of hydrogen-bond donors (Lipinski definition) is 1. The maximum Gasteiger partial charge on any atom is 0.254 e. The van der Waals surface area contributed by atoms with E-state index in [1.54, 1.807) is 0 Å². The lowest BCUT2D eigenvalue weighted by Gasteiger charge is -2.23. The highest BCUT2D eigenvalue weighted by atomic mass is 16.2. The molecule has 4 rings (SSSR count). The fraction of sp³-hybridized carbons (Fsp3) is 0.263. The van der Waals surface area contributed by atoms with Crippen LogP contribution in [0.2, 0.25) is 0 Å². The van der Waals surface area contributed by atoms with Gasteiger partial charge in [-0.05, 0) is 36.6 Å². The smallest absolute Gasteiger partial charge is 0.254 e. The summed E-state index contributed by atoms with van der Waals surface area (Å²) in [5.41, 5.74) is 2.99. The summed E-state index contributed by atoms with van der Waals surface area (Å²) in [5, 5.41) is 2.96. The lowest BCUT2D eigenvalue weighted by Crippen LogP contribution is -2.39. The first-order chi connectivity index (χ1) is 11.1. The summed E-state index contributed by atoms with van der Waals surface area (Å²) < 4.78 is 0. The highest BCUT2D eigenvalue weighted by Crippen LogP contribution is 2.44. The number of anilines is 1. The monoisotopic (exact) mass is 306 g/mol. The van der Waals surface area contributed by atoms with Gasteiger partial charge in [0.05, 0.1) is 5.41 Å². The van der Waals surface area contributed by atoms with E-state index in [1.165, 1.54) is 0 Å². The standard InChI is InChI=1S/C19H18N2O2/c1-13-6-2-3-7-14(13)17(22)21-11-10-19(12-21)15-8-4-5-9-16(15)20-18(19)23/h2-9H,10-12H2,1H3,(H,20,23). The maximum atomic E-state index is 12.8. The van der Waals surface area contributed by atoms with Crippen LogP contribution in [0.3, 0.4) is 0 Å². The molecule has 2 aliphatic heterocycles. The van der Waals surface area contributed by atoms with Crippen molar-refractivity contribution in [2.75, 3.05) is 18.4 Å². The summed E-state index contributed by atoms with van der Waals surface area (Å²) in [5.74, 6) is 0.0240. The van der Waals surface area contributed by atoms with Crippen LogP contribution in [-0.2, 0) is 10.2 Å². The highest BCUT2D eigenvalue weighted by Gasteiger charge is 2.52. The van der Waals surface area contributed by atoms with Crippen molar-refractivity contribution >= 4 is 17.5 Å². The van der Waals surface area contributed by atoms with Gasteiger partial charge >= 0.3 is 0 Å². The zero-order chi connectivity index (χ0) is 16.0. The van der Waals surface area contributed by atoms with Crippen LogP contribution in [0.4, 0.5) is 5.69 Å². The van der Waals surface area contributed by atoms with E-state index >= 15 is 0 Å². The molecule has 1 unspecified atom stereocenters. The first-order valence-electron chi connectivity index (χ1n) is 7.88. The molecule has 1 N–H and O–H groups in total. The predicted molar refractivity (Wildman–Crippen MR) is 88.4 cm³/mol. The van der Waals surface area contributed by atoms with E-state index in [1.807, 2.05) is 60.4 Å². The van der Waals surface area contributed by atoms with Crippen LogP contribution in [0.15, 0.2) is 48.5 Å². The first kappa shape index (κ1) is 14.0. The molecule has 116 valence electrons. The maximum absolute atomic E-state index is 12.8. The van der Waals surface area contributed by atoms with Gasteiger partial charge in [-0.3, -0.25) is 9.59 Å². The Bertz CT molecular complexity index is 815. The number of likely N-dealkylation sites (tertiary alicyclic amines) is 1. The highest BCUT2D eigenvalue weighted by molar-refractivity contribution is 6.07. The second kappa shape index (κ2) is 4.95. The van der Waals surface area contributed by atoms with Gasteiger partial charge in [0, 0.05) is 24.3 Å². The summed E-state index contributed by atoms with van der Waals surface area (Å²) in [4.78, 5) is 27.2. The van der Waals surface area contributed by atoms with Crippen molar-refractivity contribution < 1.29 is 9.59 Å². The normalized spacial score (nSPS) is 22.3. The Hall–Kier alpha value is -2.62. The number of para-hydroxylation sites is 1. The van der Waals surface area contributed by atoms with Crippen molar-refractivity contribution in [2.24, 2.45) is 0 Å². The Balaban J connectivity index is 1.66. The fourth-order valence-electron chi connectivity index (χ4n) is 3.75. The topological polar surface area (TPSA) is 49.4 Å². The zero-order valence-corrected chi connectivity index (χ0v) is 13.0. The molecule has 0 aliphatic carbocycles. The fourth-order valence-corrected chi connectivity index (χ4v) is 3.75. The van der Waals surface area contributed by atoms with Crippen LogP contribution >= 0.6 is 0 Å². The number of hydrogen-bond acceptors (Lipinski definition) is 2. The van der Waals surface area contributed by atoms with Crippen molar-refractivity contribution in [1.29, 1.82) is 0 Å². The number of aryl methyl sites for hydroxylation is 1. The van der Waals surface area contributed by atoms with Gasteiger partial charge < -0.3 is 10.2 Å². The number of nitrogens with one attached hydrogen (secondary N) is 1. The minimum absolute atomic E-state index is 0.0113. The second-order valence-electron chi connectivity index (χ2n) is 6.37. The molecule has 0 bridgehead atoms. The third-order valence-electron chi connectivity index (χ3n) is 5.06. The molecular weight excluding hydrogens is 288 g/mol. The minimum atomic E-state index is -0.588. The molecule has 1 saturated heterocycles. The molecule has 4 heteroatoms. The van der Waals surface area contributed by atoms with Gasteiger partial charge in [-0.2, -0.15) is 0 Å². The van der Waals surface area contributed by atoms with Gasteiger partial charge in [0.1, 0.15) is 0 Å². The van der Waals surface area contributed by atoms with E-state index in [4.69, 9.17) is 0 Å². The lowest BCUT2D eigenvalue weighted by atomic mass is 9.81. The largest absolute Gasteiger partial charge is 0.337 e. The summed E-state index contributed by atoms with van der Waals surface area (Å²) in [6, 6.07) is 15.4. The van der Waals surface area contributed by atoms with Crippen molar-refractivity contribution in [3.05, 3.63) is 65.2 Å². The van der Waals surface area contributed by atoms with Crippen molar-refractivity contribution in [3.8, 4) is 0 Å². The lowest BCUT2D eigenvalue weighted by molar-refractivity contribution is -0.120. The molecule has 2 amide bonds. The molecule has 1 fully saturated rings. The molecule has 0 aromatic heterocycles. The van der Waals surface area contributed by atoms with Crippen LogP contribution in [-0.4, -0.2) is 29.8 Å². The summed E-state index contributed by atoms with van der Waals surface area (Å²) in [7, 11) is 0. The van der Waals surface area contributed by atoms with Crippen LogP contribution in [0.1, 0.15) is 27.9 Å². The molecular formula is C19H18N2O2. The van der Waals surface area contributed by atoms with E-state index in [0.29, 0.717) is 19.5 Å². The second-order valence-corrected chi connectivity index (χ2v) is 6.37. The Kier molecular flexibility index (Phi) is 3.01. The average Bonchev–Trinajstić information content (AvgIpc) is 3.12. The summed E-state index contributed by atoms with van der Waals surface area (Å²) in [6.45, 7) is 2.99. The van der Waals surface area contributed by atoms with Crippen molar-refractivity contribution in [1.82, 2.24) is 4.90 Å². The number of carbonyl (C=O) groups excluding carboxylic acids is 2. The van der Waals surface area contributed by atoms with E-state index in [9.17, 15) is 9.59 Å². The van der Waals surface area contributed by atoms with Crippen LogP contribution in [0.25, 0.3) is 0 Å². The molecule has 0 radical (unpaired) electrons. The van der Waals surface area contributed by atoms with E-state index < -0.39 is 5.41 Å². The molecule has 1 atom stereocenters. The number of nitrogens with zero attached hydrogens (tertiary/aromatic N) is 1. The zero-order valence-electron chi connectivity index (χ0n) is 13.0. The van der Waals surface area contributed by atoms with Gasteiger partial charge in [0.2, 0.25) is 5.91 Å². The number of amides is 2. The van der Waals surface area contributed by atoms with Crippen LogP contribution in [0.5, 0.6) is 0 Å². The molecule has 2 heterocycles. The molecule has 2 aromatic rings. The van der Waals surface area contributed by atoms with Gasteiger partial charge in [0.25, 0.3) is 5.91 Å². The summed E-state index contributed by atoms with van der Waals surface area (Å²) in [6.07, 6.45) is 0.674. The Morgan fingerprint density at radius 1 is 1.13 bits per heavy atom. The van der Waals surface area contributed by atoms with Gasteiger partial charge in [-0.15, -0.1) is 0 Å². The third kappa shape index (κ3) is 1.98. The molecule has 1 spiro atoms. The number of fused-ring (bicyclic) bond motifs is 2. The Morgan fingerprint density at radius 3 is 2.70 bits per heavy atom. The Labute approximate surface area is 135 Å². The Morgan fingerprint density at radius 2 is 1.87 bits per heavy atom. The van der Waals surface area contributed by atoms with Gasteiger partial charge in [0.15, 0.2) is 0 Å². The number of benzene rings is 2. The van der Waals surface area contributed by atoms with Gasteiger partial charge in [-0.25, -0.2) is 0 Å². The molecule has 2 aliphatic rings. The van der Waals surface area contributed by atoms with E-state index in [0.717, 1.165) is 22.4 Å². The van der Waals surface area contributed by atoms with Crippen molar-refractivity contribution in [2.45, 2.75) is 18.8 Å². The average molecular weight is 306 g/mol.